The molecule has 0 spiro atoms. The standard InChI is InChI=1S/C14H21N3O3/c1-10-9-16(2)5-4-14(10)15-11-6-12(17(18)19)8-13(7-11)20-3/h6-8,10,14-15H,4-5,9H2,1-3H3. The van der Waals surface area contributed by atoms with Crippen molar-refractivity contribution in [1.29, 1.82) is 0 Å². The van der Waals surface area contributed by atoms with E-state index in [4.69, 9.17) is 4.74 Å². The molecule has 0 radical (unpaired) electrons. The zero-order valence-corrected chi connectivity index (χ0v) is 12.1. The van der Waals surface area contributed by atoms with Gasteiger partial charge in [-0.05, 0) is 25.9 Å². The van der Waals surface area contributed by atoms with Crippen molar-refractivity contribution in [1.82, 2.24) is 4.90 Å². The first-order valence-corrected chi connectivity index (χ1v) is 6.78. The second-order valence-electron chi connectivity index (χ2n) is 5.46. The number of piperidine rings is 1. The van der Waals surface area contributed by atoms with Gasteiger partial charge in [0.05, 0.1) is 18.1 Å². The van der Waals surface area contributed by atoms with Crippen LogP contribution in [0.2, 0.25) is 0 Å². The molecular formula is C14H21N3O3. The quantitative estimate of drug-likeness (QED) is 0.677. The minimum Gasteiger partial charge on any atom is -0.496 e. The van der Waals surface area contributed by atoms with Gasteiger partial charge in [0.15, 0.2) is 0 Å². The molecule has 1 aliphatic heterocycles. The number of benzene rings is 1. The summed E-state index contributed by atoms with van der Waals surface area (Å²) in [5.41, 5.74) is 0.796. The van der Waals surface area contributed by atoms with Crippen molar-refractivity contribution in [2.45, 2.75) is 19.4 Å². The van der Waals surface area contributed by atoms with Gasteiger partial charge in [0.25, 0.3) is 5.69 Å². The second-order valence-corrected chi connectivity index (χ2v) is 5.46. The molecule has 0 aliphatic carbocycles. The molecule has 6 heteroatoms. The minimum atomic E-state index is -0.397. The molecule has 2 atom stereocenters. The zero-order chi connectivity index (χ0) is 14.7. The lowest BCUT2D eigenvalue weighted by molar-refractivity contribution is -0.384. The van der Waals surface area contributed by atoms with E-state index in [2.05, 4.69) is 24.2 Å². The first kappa shape index (κ1) is 14.6. The van der Waals surface area contributed by atoms with Gasteiger partial charge in [0.1, 0.15) is 5.75 Å². The Labute approximate surface area is 118 Å². The molecule has 2 rings (SSSR count). The van der Waals surface area contributed by atoms with Crippen molar-refractivity contribution < 1.29 is 9.66 Å². The number of anilines is 1. The van der Waals surface area contributed by atoms with Gasteiger partial charge in [-0.2, -0.15) is 0 Å². The van der Waals surface area contributed by atoms with E-state index in [9.17, 15) is 10.1 Å². The summed E-state index contributed by atoms with van der Waals surface area (Å²) in [5, 5.41) is 14.3. The van der Waals surface area contributed by atoms with Gasteiger partial charge in [-0.1, -0.05) is 6.92 Å². The van der Waals surface area contributed by atoms with E-state index in [-0.39, 0.29) is 5.69 Å². The van der Waals surface area contributed by atoms with Gasteiger partial charge in [0, 0.05) is 30.4 Å². The first-order chi connectivity index (χ1) is 9.49. The Bertz CT molecular complexity index is 493. The van der Waals surface area contributed by atoms with E-state index in [1.165, 1.54) is 13.2 Å². The molecule has 1 heterocycles. The van der Waals surface area contributed by atoms with Crippen LogP contribution in [0.3, 0.4) is 0 Å². The number of nitro benzene ring substituents is 1. The Morgan fingerprint density at radius 1 is 1.45 bits per heavy atom. The van der Waals surface area contributed by atoms with Gasteiger partial charge in [-0.25, -0.2) is 0 Å². The summed E-state index contributed by atoms with van der Waals surface area (Å²) in [6.07, 6.45) is 1.03. The fraction of sp³-hybridized carbons (Fsp3) is 0.571. The van der Waals surface area contributed by atoms with Crippen LogP contribution < -0.4 is 10.1 Å². The fourth-order valence-electron chi connectivity index (χ4n) is 2.67. The van der Waals surface area contributed by atoms with Crippen LogP contribution in [0, 0.1) is 16.0 Å². The Kier molecular flexibility index (Phi) is 4.44. The molecule has 1 aromatic rings. The number of methoxy groups -OCH3 is 1. The number of nitrogens with one attached hydrogen (secondary N) is 1. The van der Waals surface area contributed by atoms with Crippen molar-refractivity contribution in [3.8, 4) is 5.75 Å². The van der Waals surface area contributed by atoms with Gasteiger partial charge >= 0.3 is 0 Å². The minimum absolute atomic E-state index is 0.0485. The lowest BCUT2D eigenvalue weighted by Crippen LogP contribution is -2.43. The SMILES string of the molecule is COc1cc(NC2CCN(C)CC2C)cc([N+](=O)[O-])c1. The highest BCUT2D eigenvalue weighted by Gasteiger charge is 2.24. The van der Waals surface area contributed by atoms with Crippen LogP contribution in [0.25, 0.3) is 0 Å². The maximum absolute atomic E-state index is 10.9. The van der Waals surface area contributed by atoms with Crippen LogP contribution in [-0.4, -0.2) is 43.1 Å². The van der Waals surface area contributed by atoms with Gasteiger partial charge in [-0.3, -0.25) is 10.1 Å². The van der Waals surface area contributed by atoms with Gasteiger partial charge in [0.2, 0.25) is 0 Å². The molecule has 2 unspecified atom stereocenters. The average molecular weight is 279 g/mol. The van der Waals surface area contributed by atoms with E-state index in [1.54, 1.807) is 12.1 Å². The fourth-order valence-corrected chi connectivity index (χ4v) is 2.67. The van der Waals surface area contributed by atoms with Crippen LogP contribution in [0.4, 0.5) is 11.4 Å². The topological polar surface area (TPSA) is 67.6 Å². The van der Waals surface area contributed by atoms with Crippen LogP contribution in [0.5, 0.6) is 5.75 Å². The van der Waals surface area contributed by atoms with Crippen molar-refractivity contribution in [2.75, 3.05) is 32.6 Å². The zero-order valence-electron chi connectivity index (χ0n) is 12.1. The molecule has 6 nitrogen and oxygen atoms in total. The molecule has 110 valence electrons. The largest absolute Gasteiger partial charge is 0.496 e. The molecule has 1 fully saturated rings. The number of non-ortho nitro benzene ring substituents is 1. The van der Waals surface area contributed by atoms with Crippen LogP contribution in [0.15, 0.2) is 18.2 Å². The molecule has 0 bridgehead atoms. The number of nitrogens with zero attached hydrogens (tertiary/aromatic N) is 2. The molecule has 1 saturated heterocycles. The number of hydrogen-bond acceptors (Lipinski definition) is 5. The summed E-state index contributed by atoms with van der Waals surface area (Å²) >= 11 is 0. The highest BCUT2D eigenvalue weighted by atomic mass is 16.6. The number of rotatable bonds is 4. The van der Waals surface area contributed by atoms with Crippen molar-refractivity contribution in [3.63, 3.8) is 0 Å². The molecule has 1 N–H and O–H groups in total. The number of hydrogen-bond donors (Lipinski definition) is 1. The van der Waals surface area contributed by atoms with E-state index in [1.807, 2.05) is 0 Å². The predicted molar refractivity (Wildman–Crippen MR) is 78.3 cm³/mol. The number of likely N-dealkylation sites (tertiary alicyclic amines) is 1. The smallest absolute Gasteiger partial charge is 0.275 e. The Hall–Kier alpha value is -1.82. The van der Waals surface area contributed by atoms with Crippen molar-refractivity contribution >= 4 is 11.4 Å². The summed E-state index contributed by atoms with van der Waals surface area (Å²) in [5.74, 6) is 1.00. The van der Waals surface area contributed by atoms with Crippen LogP contribution >= 0.6 is 0 Å². The number of nitro groups is 1. The monoisotopic (exact) mass is 279 g/mol. The molecule has 0 saturated carbocycles. The summed E-state index contributed by atoms with van der Waals surface area (Å²) in [4.78, 5) is 12.8. The summed E-state index contributed by atoms with van der Waals surface area (Å²) < 4.78 is 5.13. The van der Waals surface area contributed by atoms with Crippen LogP contribution in [0.1, 0.15) is 13.3 Å². The van der Waals surface area contributed by atoms with Crippen molar-refractivity contribution in [2.24, 2.45) is 5.92 Å². The molecule has 1 aromatic carbocycles. The Balaban J connectivity index is 2.16. The normalized spacial score (nSPS) is 23.4. The third-order valence-electron chi connectivity index (χ3n) is 3.80. The maximum Gasteiger partial charge on any atom is 0.275 e. The van der Waals surface area contributed by atoms with E-state index < -0.39 is 4.92 Å². The third kappa shape index (κ3) is 3.39. The average Bonchev–Trinajstić information content (AvgIpc) is 2.41. The lowest BCUT2D eigenvalue weighted by atomic mass is 9.94. The van der Waals surface area contributed by atoms with Gasteiger partial charge < -0.3 is 15.0 Å². The highest BCUT2D eigenvalue weighted by Crippen LogP contribution is 2.28. The first-order valence-electron chi connectivity index (χ1n) is 6.78. The Morgan fingerprint density at radius 2 is 2.20 bits per heavy atom. The van der Waals surface area contributed by atoms with E-state index in [0.717, 1.165) is 25.2 Å². The maximum atomic E-state index is 10.9. The molecular weight excluding hydrogens is 258 g/mol. The van der Waals surface area contributed by atoms with Crippen LogP contribution in [-0.2, 0) is 0 Å². The lowest BCUT2D eigenvalue weighted by Gasteiger charge is -2.35. The summed E-state index contributed by atoms with van der Waals surface area (Å²) in [7, 11) is 3.63. The molecule has 0 amide bonds. The van der Waals surface area contributed by atoms with Crippen molar-refractivity contribution in [3.05, 3.63) is 28.3 Å². The highest BCUT2D eigenvalue weighted by molar-refractivity contribution is 5.56. The summed E-state index contributed by atoms with van der Waals surface area (Å²) in [6.45, 7) is 4.26. The third-order valence-corrected chi connectivity index (χ3v) is 3.80. The van der Waals surface area contributed by atoms with Gasteiger partial charge in [-0.15, -0.1) is 0 Å². The molecule has 20 heavy (non-hydrogen) atoms. The number of ether oxygens (including phenoxy) is 1. The Morgan fingerprint density at radius 3 is 2.80 bits per heavy atom. The molecule has 0 aromatic heterocycles. The predicted octanol–water partition coefficient (Wildman–Crippen LogP) is 2.36. The molecule has 1 aliphatic rings. The second kappa shape index (κ2) is 6.09. The summed E-state index contributed by atoms with van der Waals surface area (Å²) in [6, 6.07) is 5.13. The van der Waals surface area contributed by atoms with E-state index in [0.29, 0.717) is 17.7 Å². The van der Waals surface area contributed by atoms with E-state index >= 15 is 0 Å².